The Labute approximate surface area is 107 Å². The van der Waals surface area contributed by atoms with Gasteiger partial charge in [-0.25, -0.2) is 0 Å². The molecule has 0 radical (unpaired) electrons. The zero-order valence-corrected chi connectivity index (χ0v) is 12.1. The van der Waals surface area contributed by atoms with E-state index >= 15 is 0 Å². The van der Waals surface area contributed by atoms with Crippen molar-refractivity contribution in [3.8, 4) is 0 Å². The number of nitrogens with zero attached hydrogens (tertiary/aromatic N) is 1. The lowest BCUT2D eigenvalue weighted by molar-refractivity contribution is 0.0191. The van der Waals surface area contributed by atoms with Crippen LogP contribution in [0.4, 0.5) is 0 Å². The topological polar surface area (TPSA) is 24.5 Å². The Bertz CT molecular complexity index is 210. The number of unbranched alkanes of at least 4 members (excludes halogenated alkanes) is 1. The smallest absolute Gasteiger partial charge is 0.0593 e. The summed E-state index contributed by atoms with van der Waals surface area (Å²) in [5, 5.41) is 3.58. The maximum atomic E-state index is 5.69. The van der Waals surface area contributed by atoms with Gasteiger partial charge in [0.15, 0.2) is 0 Å². The molecule has 1 heterocycles. The van der Waals surface area contributed by atoms with Gasteiger partial charge in [-0.05, 0) is 26.7 Å². The molecule has 0 aromatic heterocycles. The molecule has 1 rings (SSSR count). The van der Waals surface area contributed by atoms with E-state index in [9.17, 15) is 0 Å². The Morgan fingerprint density at radius 1 is 1.35 bits per heavy atom. The number of nitrogens with one attached hydrogen (secondary N) is 1. The number of ether oxygens (including phenoxy) is 1. The third kappa shape index (κ3) is 4.57. The molecule has 1 aliphatic heterocycles. The number of piperazine rings is 1. The molecule has 1 saturated heterocycles. The van der Waals surface area contributed by atoms with Crippen molar-refractivity contribution in [2.75, 3.05) is 32.8 Å². The lowest BCUT2D eigenvalue weighted by atomic mass is 9.92. The molecule has 0 aliphatic carbocycles. The van der Waals surface area contributed by atoms with Crippen molar-refractivity contribution < 1.29 is 4.74 Å². The van der Waals surface area contributed by atoms with E-state index in [2.05, 4.69) is 37.9 Å². The minimum atomic E-state index is 0.306. The monoisotopic (exact) mass is 242 g/mol. The van der Waals surface area contributed by atoms with Gasteiger partial charge in [0.2, 0.25) is 0 Å². The molecule has 0 aromatic rings. The van der Waals surface area contributed by atoms with Crippen LogP contribution in [-0.4, -0.2) is 49.3 Å². The van der Waals surface area contributed by atoms with Crippen LogP contribution >= 0.6 is 0 Å². The SMILES string of the molecule is CCCCOCCN1CC(C)NCC1(C)CC. The van der Waals surface area contributed by atoms with E-state index in [0.717, 1.165) is 32.8 Å². The van der Waals surface area contributed by atoms with Gasteiger partial charge in [-0.3, -0.25) is 4.90 Å². The molecule has 1 aliphatic rings. The van der Waals surface area contributed by atoms with Gasteiger partial charge >= 0.3 is 0 Å². The van der Waals surface area contributed by atoms with Crippen molar-refractivity contribution in [3.63, 3.8) is 0 Å². The summed E-state index contributed by atoms with van der Waals surface area (Å²) in [4.78, 5) is 2.60. The molecule has 1 fully saturated rings. The van der Waals surface area contributed by atoms with Gasteiger partial charge in [-0.1, -0.05) is 20.3 Å². The summed E-state index contributed by atoms with van der Waals surface area (Å²) >= 11 is 0. The molecule has 0 spiro atoms. The molecule has 3 heteroatoms. The summed E-state index contributed by atoms with van der Waals surface area (Å²) in [5.41, 5.74) is 0.306. The van der Waals surface area contributed by atoms with Crippen LogP contribution in [0, 0.1) is 0 Å². The molecule has 102 valence electrons. The van der Waals surface area contributed by atoms with Crippen LogP contribution in [0.5, 0.6) is 0 Å². The molecule has 17 heavy (non-hydrogen) atoms. The molecule has 2 atom stereocenters. The van der Waals surface area contributed by atoms with Gasteiger partial charge in [-0.2, -0.15) is 0 Å². The van der Waals surface area contributed by atoms with Crippen LogP contribution in [0.3, 0.4) is 0 Å². The predicted octanol–water partition coefficient (Wildman–Crippen LogP) is 2.27. The Kier molecular flexibility index (Phi) is 6.45. The van der Waals surface area contributed by atoms with E-state index in [-0.39, 0.29) is 0 Å². The molecule has 0 bridgehead atoms. The molecular weight excluding hydrogens is 212 g/mol. The molecule has 1 N–H and O–H groups in total. The standard InChI is InChI=1S/C14H30N2O/c1-5-7-9-17-10-8-16-11-13(3)15-12-14(16,4)6-2/h13,15H,5-12H2,1-4H3. The fourth-order valence-electron chi connectivity index (χ4n) is 2.35. The zero-order valence-electron chi connectivity index (χ0n) is 12.1. The summed E-state index contributed by atoms with van der Waals surface area (Å²) < 4.78 is 5.69. The van der Waals surface area contributed by atoms with E-state index in [1.54, 1.807) is 0 Å². The molecule has 3 nitrogen and oxygen atoms in total. The highest BCUT2D eigenvalue weighted by Gasteiger charge is 2.34. The van der Waals surface area contributed by atoms with Crippen LogP contribution in [0.2, 0.25) is 0 Å². The Balaban J connectivity index is 2.31. The highest BCUT2D eigenvalue weighted by Crippen LogP contribution is 2.22. The van der Waals surface area contributed by atoms with Crippen LogP contribution < -0.4 is 5.32 Å². The van der Waals surface area contributed by atoms with Gasteiger partial charge in [0.25, 0.3) is 0 Å². The van der Waals surface area contributed by atoms with Crippen LogP contribution in [-0.2, 0) is 4.74 Å². The fourth-order valence-corrected chi connectivity index (χ4v) is 2.35. The lowest BCUT2D eigenvalue weighted by Crippen LogP contribution is -2.62. The van der Waals surface area contributed by atoms with Crippen LogP contribution in [0.15, 0.2) is 0 Å². The van der Waals surface area contributed by atoms with Crippen molar-refractivity contribution in [2.24, 2.45) is 0 Å². The van der Waals surface area contributed by atoms with Gasteiger partial charge in [-0.15, -0.1) is 0 Å². The average Bonchev–Trinajstić information content (AvgIpc) is 2.33. The summed E-state index contributed by atoms with van der Waals surface area (Å²) in [6.45, 7) is 14.2. The maximum absolute atomic E-state index is 5.69. The van der Waals surface area contributed by atoms with Crippen LogP contribution in [0.1, 0.15) is 47.0 Å². The Morgan fingerprint density at radius 3 is 2.76 bits per heavy atom. The highest BCUT2D eigenvalue weighted by atomic mass is 16.5. The molecule has 0 amide bonds. The molecular formula is C14H30N2O. The van der Waals surface area contributed by atoms with Gasteiger partial charge in [0.05, 0.1) is 6.61 Å². The van der Waals surface area contributed by atoms with E-state index in [1.807, 2.05) is 0 Å². The van der Waals surface area contributed by atoms with E-state index in [0.29, 0.717) is 11.6 Å². The number of hydrogen-bond acceptors (Lipinski definition) is 3. The quantitative estimate of drug-likeness (QED) is 0.693. The summed E-state index contributed by atoms with van der Waals surface area (Å²) in [6, 6.07) is 0.602. The first-order chi connectivity index (χ1) is 8.12. The second-order valence-corrected chi connectivity index (χ2v) is 5.54. The highest BCUT2D eigenvalue weighted by molar-refractivity contribution is 4.93. The molecule has 0 aromatic carbocycles. The van der Waals surface area contributed by atoms with Gasteiger partial charge in [0.1, 0.15) is 0 Å². The minimum absolute atomic E-state index is 0.306. The summed E-state index contributed by atoms with van der Waals surface area (Å²) in [6.07, 6.45) is 3.60. The summed E-state index contributed by atoms with van der Waals surface area (Å²) in [7, 11) is 0. The third-order valence-electron chi connectivity index (χ3n) is 4.00. The normalized spacial score (nSPS) is 30.7. The zero-order chi connectivity index (χ0) is 12.7. The summed E-state index contributed by atoms with van der Waals surface area (Å²) in [5.74, 6) is 0. The van der Waals surface area contributed by atoms with Gasteiger partial charge in [0, 0.05) is 37.8 Å². The predicted molar refractivity (Wildman–Crippen MR) is 73.5 cm³/mol. The van der Waals surface area contributed by atoms with Gasteiger partial charge < -0.3 is 10.1 Å². The number of rotatable bonds is 7. The van der Waals surface area contributed by atoms with E-state index in [1.165, 1.54) is 19.3 Å². The van der Waals surface area contributed by atoms with Crippen molar-refractivity contribution in [2.45, 2.75) is 58.5 Å². The first-order valence-corrected chi connectivity index (χ1v) is 7.18. The number of hydrogen-bond donors (Lipinski definition) is 1. The van der Waals surface area contributed by atoms with Crippen LogP contribution in [0.25, 0.3) is 0 Å². The first-order valence-electron chi connectivity index (χ1n) is 7.18. The lowest BCUT2D eigenvalue weighted by Gasteiger charge is -2.47. The van der Waals surface area contributed by atoms with Crippen molar-refractivity contribution in [1.29, 1.82) is 0 Å². The Hall–Kier alpha value is -0.120. The minimum Gasteiger partial charge on any atom is -0.380 e. The third-order valence-corrected chi connectivity index (χ3v) is 4.00. The average molecular weight is 242 g/mol. The van der Waals surface area contributed by atoms with Crippen molar-refractivity contribution in [3.05, 3.63) is 0 Å². The van der Waals surface area contributed by atoms with E-state index < -0.39 is 0 Å². The first kappa shape index (κ1) is 14.9. The maximum Gasteiger partial charge on any atom is 0.0593 e. The largest absolute Gasteiger partial charge is 0.380 e. The van der Waals surface area contributed by atoms with Crippen molar-refractivity contribution >= 4 is 0 Å². The van der Waals surface area contributed by atoms with E-state index in [4.69, 9.17) is 4.74 Å². The van der Waals surface area contributed by atoms with Crippen molar-refractivity contribution in [1.82, 2.24) is 10.2 Å². The second kappa shape index (κ2) is 7.34. The molecule has 2 unspecified atom stereocenters. The second-order valence-electron chi connectivity index (χ2n) is 5.54. The fraction of sp³-hybridized carbons (Fsp3) is 1.00. The molecule has 0 saturated carbocycles. The Morgan fingerprint density at radius 2 is 2.12 bits per heavy atom.